The number of hydrogen-bond donors (Lipinski definition) is 3. The number of rotatable bonds is 7. The molecular weight excluding hydrogens is 514 g/mol. The maximum atomic E-state index is 6.43. The van der Waals surface area contributed by atoms with Crippen molar-refractivity contribution < 1.29 is 4.74 Å². The van der Waals surface area contributed by atoms with Crippen molar-refractivity contribution in [3.63, 3.8) is 0 Å². The first kappa shape index (κ1) is 34.4. The van der Waals surface area contributed by atoms with E-state index in [1.165, 1.54) is 51.4 Å². The van der Waals surface area contributed by atoms with Gasteiger partial charge in [-0.05, 0) is 129 Å². The van der Waals surface area contributed by atoms with Gasteiger partial charge in [-0.25, -0.2) is 0 Å². The number of ether oxygens (including phenoxy) is 1. The summed E-state index contributed by atoms with van der Waals surface area (Å²) >= 11 is 0. The molecule has 5 rings (SSSR count). The van der Waals surface area contributed by atoms with E-state index in [1.54, 1.807) is 0 Å². The SMILES string of the molecule is C.C/C=C(\C)N.CC(C)CCCC(C)C1CCC2C3C=CC4CC(Oc5ccc(N)cc5N)CCC4(C)C3CCC12C. The molecule has 3 fully saturated rings. The van der Waals surface area contributed by atoms with E-state index < -0.39 is 0 Å². The van der Waals surface area contributed by atoms with Crippen LogP contribution >= 0.6 is 0 Å². The number of benzene rings is 1. The molecule has 4 aliphatic rings. The molecule has 0 saturated heterocycles. The lowest BCUT2D eigenvalue weighted by Gasteiger charge is -2.59. The van der Waals surface area contributed by atoms with E-state index >= 15 is 0 Å². The molecule has 4 nitrogen and oxygen atoms in total. The molecule has 0 spiro atoms. The Morgan fingerprint density at radius 1 is 0.976 bits per heavy atom. The van der Waals surface area contributed by atoms with E-state index in [1.807, 2.05) is 38.1 Å². The Bertz CT molecular complexity index is 1070. The summed E-state index contributed by atoms with van der Waals surface area (Å²) in [5, 5.41) is 0. The van der Waals surface area contributed by atoms with Gasteiger partial charge in [-0.1, -0.05) is 79.5 Å². The molecule has 0 heterocycles. The van der Waals surface area contributed by atoms with Crippen molar-refractivity contribution in [3.8, 4) is 5.75 Å². The lowest BCUT2D eigenvalue weighted by Crippen LogP contribution is -2.52. The lowest BCUT2D eigenvalue weighted by atomic mass is 9.46. The van der Waals surface area contributed by atoms with E-state index in [4.69, 9.17) is 21.9 Å². The molecule has 0 aromatic heterocycles. The number of nitrogens with two attached hydrogens (primary N) is 3. The van der Waals surface area contributed by atoms with Crippen LogP contribution in [0.3, 0.4) is 0 Å². The van der Waals surface area contributed by atoms with Crippen LogP contribution in [0.1, 0.15) is 120 Å². The quantitative estimate of drug-likeness (QED) is 0.221. The van der Waals surface area contributed by atoms with E-state index in [-0.39, 0.29) is 13.5 Å². The summed E-state index contributed by atoms with van der Waals surface area (Å²) in [4.78, 5) is 0. The molecule has 0 amide bonds. The third-order valence-corrected chi connectivity index (χ3v) is 12.1. The summed E-state index contributed by atoms with van der Waals surface area (Å²) in [7, 11) is 0. The second kappa shape index (κ2) is 14.1. The average Bonchev–Trinajstić information content (AvgIpc) is 3.28. The Morgan fingerprint density at radius 2 is 1.64 bits per heavy atom. The van der Waals surface area contributed by atoms with Gasteiger partial charge in [0.25, 0.3) is 0 Å². The fraction of sp³-hybridized carbons (Fsp3) is 0.737. The van der Waals surface area contributed by atoms with Crippen molar-refractivity contribution >= 4 is 11.4 Å². The summed E-state index contributed by atoms with van der Waals surface area (Å²) in [6.07, 6.45) is 20.9. The number of hydrogen-bond acceptors (Lipinski definition) is 4. The largest absolute Gasteiger partial charge is 0.488 e. The molecule has 42 heavy (non-hydrogen) atoms. The predicted octanol–water partition coefficient (Wildman–Crippen LogP) is 10.0. The highest BCUT2D eigenvalue weighted by molar-refractivity contribution is 5.60. The van der Waals surface area contributed by atoms with Gasteiger partial charge >= 0.3 is 0 Å². The topological polar surface area (TPSA) is 87.3 Å². The second-order valence-electron chi connectivity index (χ2n) is 15.2. The van der Waals surface area contributed by atoms with Crippen LogP contribution in [-0.2, 0) is 0 Å². The van der Waals surface area contributed by atoms with Crippen LogP contribution in [-0.4, -0.2) is 6.10 Å². The highest BCUT2D eigenvalue weighted by atomic mass is 16.5. The van der Waals surface area contributed by atoms with Gasteiger partial charge in [-0.2, -0.15) is 0 Å². The number of nitrogen functional groups attached to an aromatic ring is 2. The molecule has 9 unspecified atom stereocenters. The van der Waals surface area contributed by atoms with Crippen molar-refractivity contribution in [3.05, 3.63) is 42.1 Å². The first-order valence-electron chi connectivity index (χ1n) is 16.8. The van der Waals surface area contributed by atoms with Crippen molar-refractivity contribution in [2.75, 3.05) is 11.5 Å². The van der Waals surface area contributed by atoms with Crippen LogP contribution in [0.2, 0.25) is 0 Å². The van der Waals surface area contributed by atoms with E-state index in [9.17, 15) is 0 Å². The Morgan fingerprint density at radius 3 is 2.29 bits per heavy atom. The Kier molecular flexibility index (Phi) is 11.6. The van der Waals surface area contributed by atoms with Gasteiger partial charge in [0.05, 0.1) is 11.8 Å². The van der Waals surface area contributed by atoms with Gasteiger partial charge < -0.3 is 21.9 Å². The molecule has 9 atom stereocenters. The van der Waals surface area contributed by atoms with E-state index in [0.29, 0.717) is 28.1 Å². The fourth-order valence-corrected chi connectivity index (χ4v) is 9.57. The van der Waals surface area contributed by atoms with Gasteiger partial charge in [-0.15, -0.1) is 0 Å². The Balaban J connectivity index is 0.000000745. The fourth-order valence-electron chi connectivity index (χ4n) is 9.57. The molecule has 0 radical (unpaired) electrons. The van der Waals surface area contributed by atoms with Gasteiger partial charge in [0.1, 0.15) is 5.75 Å². The highest BCUT2D eigenvalue weighted by Crippen LogP contribution is 2.67. The van der Waals surface area contributed by atoms with Gasteiger partial charge in [-0.3, -0.25) is 0 Å². The molecule has 6 N–H and O–H groups in total. The van der Waals surface area contributed by atoms with Crippen molar-refractivity contribution in [2.45, 2.75) is 126 Å². The van der Waals surface area contributed by atoms with E-state index in [2.05, 4.69) is 46.8 Å². The average molecular weight is 580 g/mol. The van der Waals surface area contributed by atoms with Crippen LogP contribution in [0.4, 0.5) is 11.4 Å². The van der Waals surface area contributed by atoms with Crippen molar-refractivity contribution in [2.24, 2.45) is 58.0 Å². The summed E-state index contributed by atoms with van der Waals surface area (Å²) in [6, 6.07) is 5.64. The smallest absolute Gasteiger partial charge is 0.142 e. The minimum absolute atomic E-state index is 0. The van der Waals surface area contributed by atoms with Crippen molar-refractivity contribution in [1.29, 1.82) is 0 Å². The third-order valence-electron chi connectivity index (χ3n) is 12.1. The molecular formula is C38H65N3O. The molecule has 1 aromatic carbocycles. The summed E-state index contributed by atoms with van der Waals surface area (Å²) < 4.78 is 6.43. The molecule has 3 saturated carbocycles. The summed E-state index contributed by atoms with van der Waals surface area (Å²) in [5.74, 6) is 6.54. The lowest BCUT2D eigenvalue weighted by molar-refractivity contribution is -0.0782. The first-order valence-corrected chi connectivity index (χ1v) is 16.8. The first-order chi connectivity index (χ1) is 19.4. The zero-order valence-electron chi connectivity index (χ0n) is 27.3. The zero-order chi connectivity index (χ0) is 29.9. The van der Waals surface area contributed by atoms with E-state index in [0.717, 1.165) is 59.8 Å². The minimum Gasteiger partial charge on any atom is -0.488 e. The number of fused-ring (bicyclic) bond motifs is 5. The number of allylic oxidation sites excluding steroid dienone is 4. The summed E-state index contributed by atoms with van der Waals surface area (Å²) in [5.41, 5.74) is 20.4. The van der Waals surface area contributed by atoms with Gasteiger partial charge in [0.2, 0.25) is 0 Å². The highest BCUT2D eigenvalue weighted by Gasteiger charge is 2.59. The van der Waals surface area contributed by atoms with Gasteiger partial charge in [0, 0.05) is 11.4 Å². The molecule has 0 bridgehead atoms. The molecule has 0 aliphatic heterocycles. The van der Waals surface area contributed by atoms with Crippen LogP contribution in [0, 0.1) is 52.3 Å². The zero-order valence-corrected chi connectivity index (χ0v) is 27.3. The maximum absolute atomic E-state index is 6.43. The maximum Gasteiger partial charge on any atom is 0.142 e. The van der Waals surface area contributed by atoms with Gasteiger partial charge in [0.15, 0.2) is 0 Å². The monoisotopic (exact) mass is 580 g/mol. The van der Waals surface area contributed by atoms with Crippen LogP contribution < -0.4 is 21.9 Å². The third kappa shape index (κ3) is 7.16. The standard InChI is InChI=1S/C33H52N2O.C4H9N.CH4/c1-21(2)7-6-8-22(3)27-12-13-28-26-11-9-23-19-25(36-31-14-10-24(34)20-30(31)35)15-17-32(23,4)29(26)16-18-33(27,28)5;1-3-4(2)5;/h9-11,14,20-23,25-29H,6-8,12-13,15-19,34-35H2,1-5H3;3H,5H2,1-2H3;1H4/b;4-3+;. The Labute approximate surface area is 259 Å². The molecule has 1 aromatic rings. The predicted molar refractivity (Wildman–Crippen MR) is 183 cm³/mol. The minimum atomic E-state index is 0. The van der Waals surface area contributed by atoms with Crippen LogP contribution in [0.5, 0.6) is 5.75 Å². The molecule has 4 heteroatoms. The van der Waals surface area contributed by atoms with Crippen LogP contribution in [0.15, 0.2) is 42.1 Å². The Hall–Kier alpha value is -2.10. The second-order valence-corrected chi connectivity index (χ2v) is 15.2. The molecule has 238 valence electrons. The summed E-state index contributed by atoms with van der Waals surface area (Å²) in [6.45, 7) is 16.4. The van der Waals surface area contributed by atoms with Crippen LogP contribution in [0.25, 0.3) is 0 Å². The molecule has 4 aliphatic carbocycles. The van der Waals surface area contributed by atoms with Crippen molar-refractivity contribution in [1.82, 2.24) is 0 Å². The normalized spacial score (nSPS) is 36.0. The number of anilines is 2.